The number of benzene rings is 1. The molecule has 0 saturated carbocycles. The number of methoxy groups -OCH3 is 1. The maximum absolute atomic E-state index is 11.7. The quantitative estimate of drug-likeness (QED) is 0.707. The molecule has 106 valence electrons. The third-order valence-corrected chi connectivity index (χ3v) is 2.61. The van der Waals surface area contributed by atoms with Gasteiger partial charge in [-0.2, -0.15) is 0 Å². The molecule has 0 unspecified atom stereocenters. The molecule has 0 aliphatic carbocycles. The van der Waals surface area contributed by atoms with Crippen LogP contribution in [0.5, 0.6) is 11.5 Å². The van der Waals surface area contributed by atoms with Crippen molar-refractivity contribution < 1.29 is 14.3 Å². The van der Waals surface area contributed by atoms with E-state index in [-0.39, 0.29) is 5.91 Å². The molecular weight excluding hydrogens is 244 g/mol. The van der Waals surface area contributed by atoms with E-state index in [1.807, 2.05) is 6.92 Å². The summed E-state index contributed by atoms with van der Waals surface area (Å²) in [7, 11) is 1.57. The van der Waals surface area contributed by atoms with Gasteiger partial charge in [0.25, 0.3) is 0 Å². The van der Waals surface area contributed by atoms with E-state index in [4.69, 9.17) is 15.2 Å². The lowest BCUT2D eigenvalue weighted by Gasteiger charge is -2.11. The highest BCUT2D eigenvalue weighted by molar-refractivity contribution is 5.91. The molecule has 0 bridgehead atoms. The number of rotatable bonds is 8. The number of carbonyl (C=O) groups excluding carboxylic acids is 1. The van der Waals surface area contributed by atoms with Gasteiger partial charge in [-0.15, -0.1) is 0 Å². The second kappa shape index (κ2) is 8.37. The van der Waals surface area contributed by atoms with E-state index >= 15 is 0 Å². The van der Waals surface area contributed by atoms with Crippen molar-refractivity contribution in [1.29, 1.82) is 0 Å². The van der Waals surface area contributed by atoms with Crippen LogP contribution in [0.2, 0.25) is 0 Å². The zero-order valence-corrected chi connectivity index (χ0v) is 11.6. The summed E-state index contributed by atoms with van der Waals surface area (Å²) in [4.78, 5) is 11.7. The molecule has 0 radical (unpaired) electrons. The van der Waals surface area contributed by atoms with Crippen LogP contribution in [0.4, 0.5) is 5.69 Å². The summed E-state index contributed by atoms with van der Waals surface area (Å²) in [6.07, 6.45) is 2.14. The molecule has 5 nitrogen and oxygen atoms in total. The first-order valence-corrected chi connectivity index (χ1v) is 6.52. The fraction of sp³-hybridized carbons (Fsp3) is 0.500. The Bertz CT molecular complexity index is 408. The van der Waals surface area contributed by atoms with Crippen LogP contribution in [0.25, 0.3) is 0 Å². The third-order valence-electron chi connectivity index (χ3n) is 2.61. The number of amides is 1. The molecule has 1 aromatic carbocycles. The molecule has 19 heavy (non-hydrogen) atoms. The SMILES string of the molecule is CCOc1ccc(NC(=O)CCCCN)cc1OC. The topological polar surface area (TPSA) is 73.6 Å². The Morgan fingerprint density at radius 3 is 2.74 bits per heavy atom. The predicted octanol–water partition coefficient (Wildman–Crippen LogP) is 2.16. The van der Waals surface area contributed by atoms with Crippen molar-refractivity contribution >= 4 is 11.6 Å². The van der Waals surface area contributed by atoms with Gasteiger partial charge in [-0.1, -0.05) is 0 Å². The van der Waals surface area contributed by atoms with E-state index in [2.05, 4.69) is 5.32 Å². The molecule has 0 fully saturated rings. The fourth-order valence-corrected chi connectivity index (χ4v) is 1.67. The van der Waals surface area contributed by atoms with E-state index in [1.54, 1.807) is 25.3 Å². The Balaban J connectivity index is 2.61. The summed E-state index contributed by atoms with van der Waals surface area (Å²) in [5.41, 5.74) is 6.09. The van der Waals surface area contributed by atoms with Crippen LogP contribution in [-0.2, 0) is 4.79 Å². The lowest BCUT2D eigenvalue weighted by atomic mass is 10.2. The van der Waals surface area contributed by atoms with Gasteiger partial charge in [0.2, 0.25) is 5.91 Å². The Morgan fingerprint density at radius 2 is 2.11 bits per heavy atom. The molecule has 0 aromatic heterocycles. The largest absolute Gasteiger partial charge is 0.493 e. The van der Waals surface area contributed by atoms with E-state index in [0.29, 0.717) is 36.8 Å². The minimum atomic E-state index is -0.0142. The van der Waals surface area contributed by atoms with Gasteiger partial charge < -0.3 is 20.5 Å². The van der Waals surface area contributed by atoms with E-state index in [9.17, 15) is 4.79 Å². The second-order valence-corrected chi connectivity index (χ2v) is 4.09. The molecule has 1 amide bonds. The number of unbranched alkanes of at least 4 members (excludes halogenated alkanes) is 1. The lowest BCUT2D eigenvalue weighted by molar-refractivity contribution is -0.116. The van der Waals surface area contributed by atoms with Crippen molar-refractivity contribution in [3.8, 4) is 11.5 Å². The van der Waals surface area contributed by atoms with Gasteiger partial charge in [0, 0.05) is 18.2 Å². The number of hydrogen-bond acceptors (Lipinski definition) is 4. The van der Waals surface area contributed by atoms with Gasteiger partial charge in [0.1, 0.15) is 0 Å². The van der Waals surface area contributed by atoms with E-state index in [1.165, 1.54) is 0 Å². The Morgan fingerprint density at radius 1 is 1.32 bits per heavy atom. The number of nitrogens with two attached hydrogens (primary N) is 1. The zero-order chi connectivity index (χ0) is 14.1. The van der Waals surface area contributed by atoms with Crippen molar-refractivity contribution in [1.82, 2.24) is 0 Å². The monoisotopic (exact) mass is 266 g/mol. The van der Waals surface area contributed by atoms with Crippen LogP contribution in [-0.4, -0.2) is 26.2 Å². The molecular formula is C14H22N2O3. The molecule has 0 spiro atoms. The van der Waals surface area contributed by atoms with Crippen molar-refractivity contribution in [2.75, 3.05) is 25.6 Å². The molecule has 0 aliphatic heterocycles. The van der Waals surface area contributed by atoms with Gasteiger partial charge in [0.05, 0.1) is 13.7 Å². The van der Waals surface area contributed by atoms with E-state index < -0.39 is 0 Å². The number of carbonyl (C=O) groups is 1. The first-order valence-electron chi connectivity index (χ1n) is 6.52. The Kier molecular flexibility index (Phi) is 6.74. The van der Waals surface area contributed by atoms with Crippen LogP contribution >= 0.6 is 0 Å². The summed E-state index contributed by atoms with van der Waals surface area (Å²) in [5.74, 6) is 1.27. The molecule has 0 atom stereocenters. The molecule has 3 N–H and O–H groups in total. The average Bonchev–Trinajstić information content (AvgIpc) is 2.41. The normalized spacial score (nSPS) is 10.1. The first kappa shape index (κ1) is 15.3. The van der Waals surface area contributed by atoms with E-state index in [0.717, 1.165) is 12.8 Å². The van der Waals surface area contributed by atoms with Gasteiger partial charge in [-0.25, -0.2) is 0 Å². The molecule has 1 aromatic rings. The summed E-state index contributed by atoms with van der Waals surface area (Å²) >= 11 is 0. The summed E-state index contributed by atoms with van der Waals surface area (Å²) in [6.45, 7) is 3.10. The van der Waals surface area contributed by atoms with Crippen molar-refractivity contribution in [3.05, 3.63) is 18.2 Å². The number of hydrogen-bond donors (Lipinski definition) is 2. The maximum Gasteiger partial charge on any atom is 0.224 e. The number of ether oxygens (including phenoxy) is 2. The smallest absolute Gasteiger partial charge is 0.224 e. The third kappa shape index (κ3) is 5.18. The minimum Gasteiger partial charge on any atom is -0.493 e. The van der Waals surface area contributed by atoms with Crippen LogP contribution in [0, 0.1) is 0 Å². The minimum absolute atomic E-state index is 0.0142. The summed E-state index contributed by atoms with van der Waals surface area (Å²) in [6, 6.07) is 5.35. The van der Waals surface area contributed by atoms with Crippen LogP contribution in [0.3, 0.4) is 0 Å². The molecule has 0 heterocycles. The molecule has 5 heteroatoms. The molecule has 0 aliphatic rings. The summed E-state index contributed by atoms with van der Waals surface area (Å²) in [5, 5.41) is 2.83. The van der Waals surface area contributed by atoms with Gasteiger partial charge in [-0.3, -0.25) is 4.79 Å². The second-order valence-electron chi connectivity index (χ2n) is 4.09. The number of nitrogens with one attached hydrogen (secondary N) is 1. The van der Waals surface area contributed by atoms with Crippen LogP contribution in [0.1, 0.15) is 26.2 Å². The Labute approximate surface area is 114 Å². The van der Waals surface area contributed by atoms with Gasteiger partial charge >= 0.3 is 0 Å². The van der Waals surface area contributed by atoms with Gasteiger partial charge in [0.15, 0.2) is 11.5 Å². The molecule has 1 rings (SSSR count). The lowest BCUT2D eigenvalue weighted by Crippen LogP contribution is -2.12. The first-order chi connectivity index (χ1) is 9.21. The van der Waals surface area contributed by atoms with Crippen molar-refractivity contribution in [2.45, 2.75) is 26.2 Å². The Hall–Kier alpha value is -1.75. The highest BCUT2D eigenvalue weighted by Crippen LogP contribution is 2.30. The van der Waals surface area contributed by atoms with Crippen molar-refractivity contribution in [3.63, 3.8) is 0 Å². The predicted molar refractivity (Wildman–Crippen MR) is 75.7 cm³/mol. The average molecular weight is 266 g/mol. The van der Waals surface area contributed by atoms with Crippen molar-refractivity contribution in [2.24, 2.45) is 5.73 Å². The fourth-order valence-electron chi connectivity index (χ4n) is 1.67. The van der Waals surface area contributed by atoms with Crippen LogP contribution in [0.15, 0.2) is 18.2 Å². The highest BCUT2D eigenvalue weighted by atomic mass is 16.5. The molecule has 0 saturated heterocycles. The number of anilines is 1. The zero-order valence-electron chi connectivity index (χ0n) is 11.6. The van der Waals surface area contributed by atoms with Crippen LogP contribution < -0.4 is 20.5 Å². The standard InChI is InChI=1S/C14H22N2O3/c1-3-19-12-8-7-11(10-13(12)18-2)16-14(17)6-4-5-9-15/h7-8,10H,3-6,9,15H2,1-2H3,(H,16,17). The summed E-state index contributed by atoms with van der Waals surface area (Å²) < 4.78 is 10.6. The highest BCUT2D eigenvalue weighted by Gasteiger charge is 2.07. The maximum atomic E-state index is 11.7. The van der Waals surface area contributed by atoms with Gasteiger partial charge in [-0.05, 0) is 38.4 Å².